The fourth-order valence-corrected chi connectivity index (χ4v) is 2.92. The second kappa shape index (κ2) is 6.74. The Bertz CT molecular complexity index is 533. The van der Waals surface area contributed by atoms with Crippen molar-refractivity contribution >= 4 is 23.1 Å². The third-order valence-corrected chi connectivity index (χ3v) is 4.45. The third kappa shape index (κ3) is 3.26. The van der Waals surface area contributed by atoms with E-state index in [9.17, 15) is 4.79 Å². The molecule has 1 aliphatic carbocycles. The molecule has 0 radical (unpaired) electrons. The second-order valence-electron chi connectivity index (χ2n) is 5.70. The zero-order chi connectivity index (χ0) is 15.4. The Morgan fingerprint density at radius 3 is 2.14 bits per heavy atom. The van der Waals surface area contributed by atoms with Crippen LogP contribution in [0.4, 0.5) is 11.4 Å². The standard InChI is InChI=1S/C17H25N3O/c1-13(18-2)19(3)15-11-7-8-12-16(15)20(4)17(21)14-9-5-6-10-14/h7-8,11-12,14H,5-6,9-10H2,1-4H3. The predicted molar refractivity (Wildman–Crippen MR) is 89.2 cm³/mol. The number of amidine groups is 1. The lowest BCUT2D eigenvalue weighted by atomic mass is 10.1. The van der Waals surface area contributed by atoms with E-state index in [-0.39, 0.29) is 11.8 Å². The highest BCUT2D eigenvalue weighted by Crippen LogP contribution is 2.32. The van der Waals surface area contributed by atoms with E-state index >= 15 is 0 Å². The average molecular weight is 287 g/mol. The topological polar surface area (TPSA) is 35.9 Å². The van der Waals surface area contributed by atoms with E-state index in [2.05, 4.69) is 4.99 Å². The quantitative estimate of drug-likeness (QED) is 0.631. The summed E-state index contributed by atoms with van der Waals surface area (Å²) in [6.07, 6.45) is 4.40. The van der Waals surface area contributed by atoms with E-state index in [0.29, 0.717) is 0 Å². The molecule has 1 aromatic rings. The number of rotatable bonds is 3. The minimum Gasteiger partial charge on any atom is -0.332 e. The van der Waals surface area contributed by atoms with E-state index < -0.39 is 0 Å². The van der Waals surface area contributed by atoms with Gasteiger partial charge in [0.1, 0.15) is 0 Å². The van der Waals surface area contributed by atoms with Crippen molar-refractivity contribution in [2.75, 3.05) is 30.9 Å². The smallest absolute Gasteiger partial charge is 0.229 e. The van der Waals surface area contributed by atoms with Crippen LogP contribution in [0.25, 0.3) is 0 Å². The molecule has 1 fully saturated rings. The summed E-state index contributed by atoms with van der Waals surface area (Å²) in [6, 6.07) is 8.00. The van der Waals surface area contributed by atoms with Crippen LogP contribution in [0.15, 0.2) is 29.3 Å². The summed E-state index contributed by atoms with van der Waals surface area (Å²) in [6.45, 7) is 1.97. The molecule has 114 valence electrons. The number of hydrogen-bond donors (Lipinski definition) is 0. The van der Waals surface area contributed by atoms with Gasteiger partial charge in [0.2, 0.25) is 5.91 Å². The van der Waals surface area contributed by atoms with Crippen LogP contribution in [0.1, 0.15) is 32.6 Å². The molecule has 0 aromatic heterocycles. The number of nitrogens with zero attached hydrogens (tertiary/aromatic N) is 3. The molecule has 1 saturated carbocycles. The number of aliphatic imine (C=N–C) groups is 1. The Morgan fingerprint density at radius 2 is 1.62 bits per heavy atom. The van der Waals surface area contributed by atoms with Gasteiger partial charge in [-0.25, -0.2) is 0 Å². The highest BCUT2D eigenvalue weighted by atomic mass is 16.2. The van der Waals surface area contributed by atoms with E-state index in [0.717, 1.165) is 30.1 Å². The van der Waals surface area contributed by atoms with Crippen molar-refractivity contribution in [3.63, 3.8) is 0 Å². The molecule has 2 rings (SSSR count). The summed E-state index contributed by atoms with van der Waals surface area (Å²) in [5, 5.41) is 0. The Hall–Kier alpha value is -1.84. The first-order valence-corrected chi connectivity index (χ1v) is 7.60. The van der Waals surface area contributed by atoms with Crippen LogP contribution in [0.5, 0.6) is 0 Å². The number of carbonyl (C=O) groups is 1. The van der Waals surface area contributed by atoms with Gasteiger partial charge in [-0.1, -0.05) is 25.0 Å². The van der Waals surface area contributed by atoms with Crippen LogP contribution in [0.3, 0.4) is 0 Å². The maximum Gasteiger partial charge on any atom is 0.229 e. The highest BCUT2D eigenvalue weighted by molar-refractivity contribution is 6.03. The molecule has 1 aliphatic rings. The first-order valence-electron chi connectivity index (χ1n) is 7.60. The van der Waals surface area contributed by atoms with Crippen LogP contribution in [0.2, 0.25) is 0 Å². The molecule has 0 atom stereocenters. The molecule has 0 saturated heterocycles. The van der Waals surface area contributed by atoms with E-state index in [1.165, 1.54) is 12.8 Å². The number of para-hydroxylation sites is 2. The molecule has 0 bridgehead atoms. The van der Waals surface area contributed by atoms with Gasteiger partial charge in [-0.15, -0.1) is 0 Å². The Labute approximate surface area is 127 Å². The van der Waals surface area contributed by atoms with Crippen LogP contribution in [0, 0.1) is 5.92 Å². The van der Waals surface area contributed by atoms with Gasteiger partial charge in [0.15, 0.2) is 0 Å². The van der Waals surface area contributed by atoms with Gasteiger partial charge in [-0.05, 0) is 31.9 Å². The third-order valence-electron chi connectivity index (χ3n) is 4.45. The SMILES string of the molecule is CN=C(C)N(C)c1ccccc1N(C)C(=O)C1CCCC1. The molecule has 21 heavy (non-hydrogen) atoms. The molecule has 0 spiro atoms. The summed E-state index contributed by atoms with van der Waals surface area (Å²) in [4.78, 5) is 20.7. The van der Waals surface area contributed by atoms with Crippen molar-refractivity contribution in [1.82, 2.24) is 0 Å². The van der Waals surface area contributed by atoms with Crippen molar-refractivity contribution in [1.29, 1.82) is 0 Å². The number of anilines is 2. The first kappa shape index (κ1) is 15.5. The molecule has 0 unspecified atom stereocenters. The van der Waals surface area contributed by atoms with Crippen LogP contribution < -0.4 is 9.80 Å². The van der Waals surface area contributed by atoms with Crippen molar-refractivity contribution in [2.45, 2.75) is 32.6 Å². The lowest BCUT2D eigenvalue weighted by molar-refractivity contribution is -0.121. The van der Waals surface area contributed by atoms with Crippen LogP contribution in [-0.2, 0) is 4.79 Å². The van der Waals surface area contributed by atoms with E-state index in [1.807, 2.05) is 55.1 Å². The lowest BCUT2D eigenvalue weighted by Crippen LogP contribution is -2.34. The summed E-state index contributed by atoms with van der Waals surface area (Å²) >= 11 is 0. The Balaban J connectivity index is 2.28. The van der Waals surface area contributed by atoms with Crippen molar-refractivity contribution < 1.29 is 4.79 Å². The maximum absolute atomic E-state index is 12.6. The van der Waals surface area contributed by atoms with Gasteiger partial charge in [0, 0.05) is 27.1 Å². The van der Waals surface area contributed by atoms with Gasteiger partial charge < -0.3 is 9.80 Å². The lowest BCUT2D eigenvalue weighted by Gasteiger charge is -2.28. The Kier molecular flexibility index (Phi) is 4.99. The van der Waals surface area contributed by atoms with Crippen LogP contribution >= 0.6 is 0 Å². The number of benzene rings is 1. The molecular weight excluding hydrogens is 262 g/mol. The molecule has 0 aliphatic heterocycles. The van der Waals surface area contributed by atoms with E-state index in [4.69, 9.17) is 0 Å². The molecule has 1 aromatic carbocycles. The second-order valence-corrected chi connectivity index (χ2v) is 5.70. The average Bonchev–Trinajstić information content (AvgIpc) is 3.06. The molecular formula is C17H25N3O. The summed E-state index contributed by atoms with van der Waals surface area (Å²) in [7, 11) is 5.64. The fourth-order valence-electron chi connectivity index (χ4n) is 2.92. The minimum absolute atomic E-state index is 0.189. The van der Waals surface area contributed by atoms with Crippen molar-refractivity contribution in [2.24, 2.45) is 10.9 Å². The van der Waals surface area contributed by atoms with Gasteiger partial charge in [-0.3, -0.25) is 9.79 Å². The monoisotopic (exact) mass is 287 g/mol. The van der Waals surface area contributed by atoms with Gasteiger partial charge in [0.05, 0.1) is 17.2 Å². The predicted octanol–water partition coefficient (Wildman–Crippen LogP) is 3.32. The molecule has 1 amide bonds. The Morgan fingerprint density at radius 1 is 1.10 bits per heavy atom. The zero-order valence-electron chi connectivity index (χ0n) is 13.5. The van der Waals surface area contributed by atoms with E-state index in [1.54, 1.807) is 7.05 Å². The summed E-state index contributed by atoms with van der Waals surface area (Å²) in [5.74, 6) is 1.35. The zero-order valence-corrected chi connectivity index (χ0v) is 13.5. The van der Waals surface area contributed by atoms with Gasteiger partial charge in [-0.2, -0.15) is 0 Å². The normalized spacial score (nSPS) is 16.1. The minimum atomic E-state index is 0.189. The van der Waals surface area contributed by atoms with Crippen molar-refractivity contribution in [3.05, 3.63) is 24.3 Å². The number of amides is 1. The van der Waals surface area contributed by atoms with Crippen LogP contribution in [-0.4, -0.2) is 32.9 Å². The molecule has 0 heterocycles. The summed E-state index contributed by atoms with van der Waals surface area (Å²) in [5.41, 5.74) is 1.95. The number of carbonyl (C=O) groups excluding carboxylic acids is 1. The van der Waals surface area contributed by atoms with Crippen molar-refractivity contribution in [3.8, 4) is 0 Å². The summed E-state index contributed by atoms with van der Waals surface area (Å²) < 4.78 is 0. The molecule has 4 nitrogen and oxygen atoms in total. The molecule has 4 heteroatoms. The largest absolute Gasteiger partial charge is 0.332 e. The number of hydrogen-bond acceptors (Lipinski definition) is 2. The maximum atomic E-state index is 12.6. The highest BCUT2D eigenvalue weighted by Gasteiger charge is 2.27. The van der Waals surface area contributed by atoms with Gasteiger partial charge >= 0.3 is 0 Å². The fraction of sp³-hybridized carbons (Fsp3) is 0.529. The first-order chi connectivity index (χ1) is 10.1. The van der Waals surface area contributed by atoms with Gasteiger partial charge in [0.25, 0.3) is 0 Å². The molecule has 0 N–H and O–H groups in total.